The van der Waals surface area contributed by atoms with Crippen molar-refractivity contribution in [1.29, 1.82) is 0 Å². The lowest BCUT2D eigenvalue weighted by atomic mass is 9.84. The Morgan fingerprint density at radius 2 is 2.05 bits per heavy atom. The van der Waals surface area contributed by atoms with Crippen molar-refractivity contribution >= 4 is 21.9 Å². The van der Waals surface area contributed by atoms with Crippen LogP contribution in [-0.2, 0) is 9.53 Å². The summed E-state index contributed by atoms with van der Waals surface area (Å²) in [6.07, 6.45) is 4.15. The maximum atomic E-state index is 14.2. The van der Waals surface area contributed by atoms with Gasteiger partial charge in [-0.2, -0.15) is 0 Å². The number of esters is 1. The Balaban J connectivity index is 2.42. The van der Waals surface area contributed by atoms with Crippen LogP contribution in [0.4, 0.5) is 4.39 Å². The molecule has 0 N–H and O–H groups in total. The molecular weight excluding hydrogens is 311 g/mol. The molecule has 1 atom stereocenters. The van der Waals surface area contributed by atoms with Crippen molar-refractivity contribution in [2.45, 2.75) is 38.5 Å². The zero-order valence-electron chi connectivity index (χ0n) is 11.2. The first-order valence-corrected chi connectivity index (χ1v) is 7.37. The van der Waals surface area contributed by atoms with Gasteiger partial charge in [-0.15, -0.1) is 0 Å². The van der Waals surface area contributed by atoms with Crippen molar-refractivity contribution in [1.82, 2.24) is 0 Å². The van der Waals surface area contributed by atoms with Gasteiger partial charge in [0.25, 0.3) is 0 Å². The quantitative estimate of drug-likeness (QED) is 0.771. The molecule has 1 aromatic rings. The zero-order valence-corrected chi connectivity index (χ0v) is 12.8. The minimum absolute atomic E-state index is 0.197. The Bertz CT molecular complexity index is 481. The molecule has 0 radical (unpaired) electrons. The Hall–Kier alpha value is -0.900. The summed E-state index contributed by atoms with van der Waals surface area (Å²) in [5.41, 5.74) is 1.41. The lowest BCUT2D eigenvalue weighted by Gasteiger charge is -2.22. The number of rotatable bonds is 3. The van der Waals surface area contributed by atoms with Gasteiger partial charge in [-0.25, -0.2) is 4.39 Å². The monoisotopic (exact) mass is 328 g/mol. The molecule has 0 heterocycles. The number of hydrogen-bond acceptors (Lipinski definition) is 2. The lowest BCUT2D eigenvalue weighted by molar-refractivity contribution is -0.143. The van der Waals surface area contributed by atoms with Gasteiger partial charge in [0.1, 0.15) is 5.82 Å². The van der Waals surface area contributed by atoms with E-state index in [1.807, 2.05) is 6.92 Å². The van der Waals surface area contributed by atoms with Gasteiger partial charge in [-0.1, -0.05) is 34.8 Å². The average molecular weight is 329 g/mol. The number of aryl methyl sites for hydroxylation is 1. The Labute approximate surface area is 121 Å². The minimum atomic E-state index is -0.473. The SMILES string of the molecule is COC(=O)[C@@H](c1cc(C)c(Br)cc1F)C1CCCC1. The summed E-state index contributed by atoms with van der Waals surface area (Å²) in [7, 11) is 1.37. The number of methoxy groups -OCH3 is 1. The number of hydrogen-bond donors (Lipinski definition) is 0. The third-order valence-corrected chi connectivity index (χ3v) is 4.79. The largest absolute Gasteiger partial charge is 0.469 e. The first-order valence-electron chi connectivity index (χ1n) is 6.58. The number of carbonyl (C=O) groups is 1. The van der Waals surface area contributed by atoms with E-state index in [4.69, 9.17) is 4.74 Å². The van der Waals surface area contributed by atoms with E-state index < -0.39 is 5.92 Å². The molecule has 0 aromatic heterocycles. The summed E-state index contributed by atoms with van der Waals surface area (Å²) in [6, 6.07) is 3.20. The molecule has 1 aromatic carbocycles. The van der Waals surface area contributed by atoms with Crippen molar-refractivity contribution in [3.8, 4) is 0 Å². The van der Waals surface area contributed by atoms with Crippen molar-refractivity contribution in [3.63, 3.8) is 0 Å². The molecule has 0 unspecified atom stereocenters. The molecule has 0 bridgehead atoms. The first-order chi connectivity index (χ1) is 9.04. The van der Waals surface area contributed by atoms with Crippen LogP contribution >= 0.6 is 15.9 Å². The minimum Gasteiger partial charge on any atom is -0.469 e. The number of halogens is 2. The summed E-state index contributed by atoms with van der Waals surface area (Å²) in [6.45, 7) is 1.90. The van der Waals surface area contributed by atoms with Crippen molar-refractivity contribution in [3.05, 3.63) is 33.5 Å². The molecule has 2 nitrogen and oxygen atoms in total. The van der Waals surface area contributed by atoms with Crippen LogP contribution in [0.2, 0.25) is 0 Å². The highest BCUT2D eigenvalue weighted by atomic mass is 79.9. The highest BCUT2D eigenvalue weighted by molar-refractivity contribution is 9.10. The van der Waals surface area contributed by atoms with E-state index in [9.17, 15) is 9.18 Å². The Kier molecular flexibility index (Phi) is 4.61. The molecule has 1 aliphatic rings. The topological polar surface area (TPSA) is 26.3 Å². The van der Waals surface area contributed by atoms with Gasteiger partial charge in [0.15, 0.2) is 0 Å². The van der Waals surface area contributed by atoms with Gasteiger partial charge in [0.05, 0.1) is 13.0 Å². The second-order valence-corrected chi connectivity index (χ2v) is 6.02. The molecule has 19 heavy (non-hydrogen) atoms. The highest BCUT2D eigenvalue weighted by Gasteiger charge is 2.34. The number of benzene rings is 1. The van der Waals surface area contributed by atoms with Crippen molar-refractivity contribution in [2.75, 3.05) is 7.11 Å². The van der Waals surface area contributed by atoms with Crippen LogP contribution in [-0.4, -0.2) is 13.1 Å². The van der Waals surface area contributed by atoms with Crippen LogP contribution < -0.4 is 0 Å². The summed E-state index contributed by atoms with van der Waals surface area (Å²) in [5, 5.41) is 0. The molecule has 1 saturated carbocycles. The van der Waals surface area contributed by atoms with E-state index in [1.165, 1.54) is 13.2 Å². The van der Waals surface area contributed by atoms with Crippen LogP contribution in [0.15, 0.2) is 16.6 Å². The molecule has 0 amide bonds. The van der Waals surface area contributed by atoms with E-state index in [-0.39, 0.29) is 17.7 Å². The second kappa shape index (κ2) is 6.04. The van der Waals surface area contributed by atoms with E-state index in [2.05, 4.69) is 15.9 Å². The van der Waals surface area contributed by atoms with E-state index >= 15 is 0 Å². The third-order valence-electron chi connectivity index (χ3n) is 3.94. The Morgan fingerprint density at radius 3 is 2.63 bits per heavy atom. The standard InChI is InChI=1S/C15H18BrFO2/c1-9-7-11(13(17)8-12(9)16)14(15(18)19-2)10-5-3-4-6-10/h7-8,10,14H,3-6H2,1-2H3/t14-/m1/s1. The molecule has 1 aliphatic carbocycles. The fourth-order valence-corrected chi connectivity index (χ4v) is 3.22. The normalized spacial score (nSPS) is 17.5. The zero-order chi connectivity index (χ0) is 14.0. The molecule has 0 spiro atoms. The fourth-order valence-electron chi connectivity index (χ4n) is 2.91. The molecular formula is C15H18BrFO2. The maximum absolute atomic E-state index is 14.2. The molecule has 4 heteroatoms. The van der Waals surface area contributed by atoms with Gasteiger partial charge in [0.2, 0.25) is 0 Å². The molecule has 0 aliphatic heterocycles. The van der Waals surface area contributed by atoms with Gasteiger partial charge >= 0.3 is 5.97 Å². The summed E-state index contributed by atoms with van der Waals surface area (Å²) in [5.74, 6) is -0.936. The fraction of sp³-hybridized carbons (Fsp3) is 0.533. The van der Waals surface area contributed by atoms with E-state index in [0.717, 1.165) is 35.7 Å². The van der Waals surface area contributed by atoms with Gasteiger partial charge < -0.3 is 4.74 Å². The highest BCUT2D eigenvalue weighted by Crippen LogP contribution is 2.40. The second-order valence-electron chi connectivity index (χ2n) is 5.17. The number of carbonyl (C=O) groups excluding carboxylic acids is 1. The van der Waals surface area contributed by atoms with Crippen LogP contribution in [0.5, 0.6) is 0 Å². The molecule has 1 fully saturated rings. The van der Waals surface area contributed by atoms with Crippen molar-refractivity contribution in [2.24, 2.45) is 5.92 Å². The summed E-state index contributed by atoms with van der Waals surface area (Å²) in [4.78, 5) is 12.0. The maximum Gasteiger partial charge on any atom is 0.313 e. The van der Waals surface area contributed by atoms with Gasteiger partial charge in [0, 0.05) is 10.0 Å². The van der Waals surface area contributed by atoms with E-state index in [1.54, 1.807) is 6.07 Å². The average Bonchev–Trinajstić information content (AvgIpc) is 2.89. The van der Waals surface area contributed by atoms with Gasteiger partial charge in [-0.05, 0) is 37.3 Å². The van der Waals surface area contributed by atoms with Crippen LogP contribution in [0.1, 0.15) is 42.7 Å². The first kappa shape index (κ1) is 14.5. The molecule has 104 valence electrons. The Morgan fingerprint density at radius 1 is 1.42 bits per heavy atom. The third kappa shape index (κ3) is 2.99. The molecule has 2 rings (SSSR count). The van der Waals surface area contributed by atoms with Gasteiger partial charge in [-0.3, -0.25) is 4.79 Å². The lowest BCUT2D eigenvalue weighted by Crippen LogP contribution is -2.22. The predicted molar refractivity (Wildman–Crippen MR) is 75.6 cm³/mol. The predicted octanol–water partition coefficient (Wildman–Crippen LogP) is 4.34. The summed E-state index contributed by atoms with van der Waals surface area (Å²) >= 11 is 3.31. The van der Waals surface area contributed by atoms with Crippen molar-refractivity contribution < 1.29 is 13.9 Å². The smallest absolute Gasteiger partial charge is 0.313 e. The van der Waals surface area contributed by atoms with Crippen LogP contribution in [0.25, 0.3) is 0 Å². The van der Waals surface area contributed by atoms with Crippen LogP contribution in [0, 0.1) is 18.7 Å². The van der Waals surface area contributed by atoms with E-state index in [0.29, 0.717) is 5.56 Å². The van der Waals surface area contributed by atoms with Crippen LogP contribution in [0.3, 0.4) is 0 Å². The molecule has 0 saturated heterocycles. The summed E-state index contributed by atoms with van der Waals surface area (Å²) < 4.78 is 19.8. The number of ether oxygens (including phenoxy) is 1.